The smallest absolute Gasteiger partial charge is 0.188 e. The summed E-state index contributed by atoms with van der Waals surface area (Å²) in [4.78, 5) is 12.1. The Hall–Kier alpha value is -1.19. The van der Waals surface area contributed by atoms with Crippen LogP contribution in [0.25, 0.3) is 0 Å². The summed E-state index contributed by atoms with van der Waals surface area (Å²) in [6, 6.07) is 0. The minimum Gasteiger partial charge on any atom is -0.292 e. The van der Waals surface area contributed by atoms with Crippen LogP contribution in [0, 0.1) is 17.8 Å². The molecule has 2 unspecified atom stereocenters. The first kappa shape index (κ1) is 9.07. The summed E-state index contributed by atoms with van der Waals surface area (Å²) in [5.41, 5.74) is 0.553. The van der Waals surface area contributed by atoms with Crippen LogP contribution >= 0.6 is 0 Å². The third-order valence-corrected chi connectivity index (χ3v) is 3.81. The third kappa shape index (κ3) is 1.39. The van der Waals surface area contributed by atoms with Crippen LogP contribution in [0.15, 0.2) is 6.20 Å². The summed E-state index contributed by atoms with van der Waals surface area (Å²) < 4.78 is 1.60. The Bertz CT molecular complexity index is 386. The molecule has 2 fully saturated rings. The molecule has 0 amide bonds. The Morgan fingerprint density at radius 3 is 2.60 bits per heavy atom. The molecule has 3 rings (SSSR count). The number of hydrogen-bond acceptors (Lipinski definition) is 3. The first-order valence-electron chi connectivity index (χ1n) is 5.68. The molecule has 0 spiro atoms. The van der Waals surface area contributed by atoms with E-state index < -0.39 is 0 Å². The first-order chi connectivity index (χ1) is 7.27. The van der Waals surface area contributed by atoms with Gasteiger partial charge in [0.05, 0.1) is 6.20 Å². The highest BCUT2D eigenvalue weighted by Crippen LogP contribution is 2.56. The fourth-order valence-electron chi connectivity index (χ4n) is 3.01. The van der Waals surface area contributed by atoms with Gasteiger partial charge in [0.2, 0.25) is 0 Å². The fourth-order valence-corrected chi connectivity index (χ4v) is 3.01. The molecule has 2 aliphatic carbocycles. The van der Waals surface area contributed by atoms with Gasteiger partial charge in [-0.3, -0.25) is 9.48 Å². The number of carbonyl (C=O) groups is 1. The standard InChI is InChI=1S/C11H15N3O/c1-14-6-9(12-13-14)11(15)10-7-4-2-3-5-8(7)10/h6-8,10H,2-5H2,1H3. The van der Waals surface area contributed by atoms with E-state index in [0.717, 1.165) is 0 Å². The molecule has 2 saturated carbocycles. The highest BCUT2D eigenvalue weighted by molar-refractivity contribution is 5.98. The van der Waals surface area contributed by atoms with E-state index in [1.54, 1.807) is 17.9 Å². The van der Waals surface area contributed by atoms with Gasteiger partial charge >= 0.3 is 0 Å². The molecular weight excluding hydrogens is 190 g/mol. The molecule has 1 aromatic rings. The second-order valence-electron chi connectivity index (χ2n) is 4.78. The lowest BCUT2D eigenvalue weighted by Gasteiger charge is -2.04. The summed E-state index contributed by atoms with van der Waals surface area (Å²) in [6.07, 6.45) is 6.80. The van der Waals surface area contributed by atoms with Crippen LogP contribution in [0.4, 0.5) is 0 Å². The van der Waals surface area contributed by atoms with Gasteiger partial charge in [-0.25, -0.2) is 0 Å². The van der Waals surface area contributed by atoms with Crippen LogP contribution in [-0.2, 0) is 7.05 Å². The molecule has 1 aromatic heterocycles. The number of nitrogens with zero attached hydrogens (tertiary/aromatic N) is 3. The molecule has 80 valence electrons. The van der Waals surface area contributed by atoms with Gasteiger partial charge in [-0.05, 0) is 24.7 Å². The van der Waals surface area contributed by atoms with Gasteiger partial charge in [0.25, 0.3) is 0 Å². The molecule has 2 atom stereocenters. The van der Waals surface area contributed by atoms with Gasteiger partial charge in [-0.2, -0.15) is 0 Å². The van der Waals surface area contributed by atoms with Crippen LogP contribution < -0.4 is 0 Å². The zero-order chi connectivity index (χ0) is 10.4. The van der Waals surface area contributed by atoms with Crippen molar-refractivity contribution < 1.29 is 4.79 Å². The minimum atomic E-state index is 0.222. The predicted octanol–water partition coefficient (Wildman–Crippen LogP) is 1.43. The van der Waals surface area contributed by atoms with Gasteiger partial charge in [0, 0.05) is 13.0 Å². The van der Waals surface area contributed by atoms with Crippen molar-refractivity contribution in [1.29, 1.82) is 0 Å². The van der Waals surface area contributed by atoms with Crippen molar-refractivity contribution in [1.82, 2.24) is 15.0 Å². The van der Waals surface area contributed by atoms with Gasteiger partial charge < -0.3 is 0 Å². The first-order valence-corrected chi connectivity index (χ1v) is 5.68. The summed E-state index contributed by atoms with van der Waals surface area (Å²) in [7, 11) is 1.80. The van der Waals surface area contributed by atoms with E-state index in [2.05, 4.69) is 10.3 Å². The molecule has 2 aliphatic rings. The maximum atomic E-state index is 12.1. The van der Waals surface area contributed by atoms with E-state index in [0.29, 0.717) is 17.5 Å². The van der Waals surface area contributed by atoms with Crippen LogP contribution in [0.2, 0.25) is 0 Å². The third-order valence-electron chi connectivity index (χ3n) is 3.81. The van der Waals surface area contributed by atoms with Crippen LogP contribution in [0.1, 0.15) is 36.2 Å². The van der Waals surface area contributed by atoms with Gasteiger partial charge in [-0.1, -0.05) is 18.1 Å². The monoisotopic (exact) mass is 205 g/mol. The predicted molar refractivity (Wildman–Crippen MR) is 54.3 cm³/mol. The molecule has 0 aromatic carbocycles. The van der Waals surface area contributed by atoms with E-state index in [4.69, 9.17) is 0 Å². The minimum absolute atomic E-state index is 0.222. The topological polar surface area (TPSA) is 47.8 Å². The highest BCUT2D eigenvalue weighted by atomic mass is 16.1. The Labute approximate surface area is 88.7 Å². The molecule has 0 saturated heterocycles. The summed E-state index contributed by atoms with van der Waals surface area (Å²) in [5.74, 6) is 1.81. The molecular formula is C11H15N3O. The molecule has 1 heterocycles. The molecule has 0 N–H and O–H groups in total. The summed E-state index contributed by atoms with van der Waals surface area (Å²) >= 11 is 0. The Balaban J connectivity index is 1.76. The number of rotatable bonds is 2. The number of fused-ring (bicyclic) bond motifs is 1. The lowest BCUT2D eigenvalue weighted by atomic mass is 10.0. The largest absolute Gasteiger partial charge is 0.292 e. The SMILES string of the molecule is Cn1cc(C(=O)C2C3CCCCC32)nn1. The van der Waals surface area contributed by atoms with E-state index in [-0.39, 0.29) is 11.7 Å². The molecule has 0 radical (unpaired) electrons. The highest BCUT2D eigenvalue weighted by Gasteiger charge is 2.55. The van der Waals surface area contributed by atoms with Gasteiger partial charge in [-0.15, -0.1) is 5.10 Å². The van der Waals surface area contributed by atoms with Crippen molar-refractivity contribution in [3.8, 4) is 0 Å². The van der Waals surface area contributed by atoms with Crippen LogP contribution in [0.5, 0.6) is 0 Å². The summed E-state index contributed by atoms with van der Waals surface area (Å²) in [5, 5.41) is 7.71. The molecule has 0 aliphatic heterocycles. The Kier molecular flexibility index (Phi) is 1.90. The van der Waals surface area contributed by atoms with Crippen LogP contribution in [-0.4, -0.2) is 20.8 Å². The Morgan fingerprint density at radius 2 is 2.07 bits per heavy atom. The van der Waals surface area contributed by atoms with Crippen molar-refractivity contribution in [2.24, 2.45) is 24.8 Å². The van der Waals surface area contributed by atoms with E-state index in [1.807, 2.05) is 0 Å². The number of hydrogen-bond donors (Lipinski definition) is 0. The van der Waals surface area contributed by atoms with Gasteiger partial charge in [0.1, 0.15) is 5.69 Å². The van der Waals surface area contributed by atoms with Crippen LogP contribution in [0.3, 0.4) is 0 Å². The molecule has 4 heteroatoms. The normalized spacial score (nSPS) is 33.5. The Morgan fingerprint density at radius 1 is 1.40 bits per heavy atom. The molecule has 15 heavy (non-hydrogen) atoms. The average Bonchev–Trinajstić information content (AvgIpc) is 2.82. The van der Waals surface area contributed by atoms with E-state index in [1.165, 1.54) is 25.7 Å². The van der Waals surface area contributed by atoms with Crippen molar-refractivity contribution in [2.75, 3.05) is 0 Å². The molecule has 4 nitrogen and oxygen atoms in total. The van der Waals surface area contributed by atoms with Crippen molar-refractivity contribution >= 4 is 5.78 Å². The summed E-state index contributed by atoms with van der Waals surface area (Å²) in [6.45, 7) is 0. The number of aryl methyl sites for hydroxylation is 1. The van der Waals surface area contributed by atoms with Crippen molar-refractivity contribution in [3.05, 3.63) is 11.9 Å². The lowest BCUT2D eigenvalue weighted by Crippen LogP contribution is -2.04. The zero-order valence-electron chi connectivity index (χ0n) is 8.89. The van der Waals surface area contributed by atoms with Crippen molar-refractivity contribution in [3.63, 3.8) is 0 Å². The maximum absolute atomic E-state index is 12.1. The second-order valence-corrected chi connectivity index (χ2v) is 4.78. The fraction of sp³-hybridized carbons (Fsp3) is 0.727. The molecule has 0 bridgehead atoms. The van der Waals surface area contributed by atoms with E-state index >= 15 is 0 Å². The van der Waals surface area contributed by atoms with E-state index in [9.17, 15) is 4.79 Å². The number of ketones is 1. The number of carbonyl (C=O) groups excluding carboxylic acids is 1. The quantitative estimate of drug-likeness (QED) is 0.686. The zero-order valence-corrected chi connectivity index (χ0v) is 8.89. The van der Waals surface area contributed by atoms with Gasteiger partial charge in [0.15, 0.2) is 5.78 Å². The lowest BCUT2D eigenvalue weighted by molar-refractivity contribution is 0.0951. The number of aromatic nitrogens is 3. The second kappa shape index (κ2) is 3.15. The average molecular weight is 205 g/mol. The maximum Gasteiger partial charge on any atom is 0.188 e. The van der Waals surface area contributed by atoms with Crippen molar-refractivity contribution in [2.45, 2.75) is 25.7 Å². The number of Topliss-reactive ketones (excluding diaryl/α,β-unsaturated/α-hetero) is 1.